The zero-order chi connectivity index (χ0) is 44.6. The van der Waals surface area contributed by atoms with Crippen LogP contribution in [0.5, 0.6) is 0 Å². The Kier molecular flexibility index (Phi) is 17.5. The second kappa shape index (κ2) is 21.3. The number of rotatable bonds is 15. The van der Waals surface area contributed by atoms with Crippen molar-refractivity contribution in [1.29, 1.82) is 0 Å². The number of esters is 1. The molecule has 2 aliphatic rings. The van der Waals surface area contributed by atoms with Crippen LogP contribution in [0.15, 0.2) is 37.1 Å². The van der Waals surface area contributed by atoms with E-state index in [4.69, 9.17) is 28.4 Å². The molecule has 14 nitrogen and oxygen atoms in total. The van der Waals surface area contributed by atoms with Gasteiger partial charge < -0.3 is 43.0 Å². The molecule has 2 saturated heterocycles. The van der Waals surface area contributed by atoms with Gasteiger partial charge in [-0.2, -0.15) is 0 Å². The number of ether oxygens (including phenoxy) is 6. The molecule has 4 rings (SSSR count). The van der Waals surface area contributed by atoms with Crippen molar-refractivity contribution >= 4 is 17.5 Å². The van der Waals surface area contributed by atoms with Crippen molar-refractivity contribution in [2.45, 2.75) is 167 Å². The van der Waals surface area contributed by atoms with Crippen molar-refractivity contribution in [1.82, 2.24) is 19.4 Å². The summed E-state index contributed by atoms with van der Waals surface area (Å²) in [4.78, 5) is 53.7. The van der Waals surface area contributed by atoms with E-state index in [0.717, 1.165) is 24.6 Å². The average molecular weight is 847 g/mol. The van der Waals surface area contributed by atoms with Gasteiger partial charge >= 0.3 is 5.97 Å². The lowest BCUT2D eigenvalue weighted by molar-refractivity contribution is -0.295. The van der Waals surface area contributed by atoms with E-state index in [-0.39, 0.29) is 44.0 Å². The van der Waals surface area contributed by atoms with Crippen LogP contribution in [-0.2, 0) is 49.3 Å². The van der Waals surface area contributed by atoms with Crippen LogP contribution in [0, 0.1) is 17.8 Å². The first-order valence-corrected chi connectivity index (χ1v) is 21.6. The monoisotopic (exact) mass is 847 g/mol. The van der Waals surface area contributed by atoms with Gasteiger partial charge in [0.1, 0.15) is 23.6 Å². The molecular formula is C45H71FN4O10. The van der Waals surface area contributed by atoms with Crippen molar-refractivity contribution in [3.8, 4) is 11.3 Å². The molecule has 15 heteroatoms. The van der Waals surface area contributed by atoms with E-state index in [2.05, 4.69) is 9.97 Å². The summed E-state index contributed by atoms with van der Waals surface area (Å²) in [6.07, 6.45) is 3.91. The highest BCUT2D eigenvalue weighted by Crippen LogP contribution is 2.41. The lowest BCUT2D eigenvalue weighted by atomic mass is 9.73. The average Bonchev–Trinajstić information content (AvgIpc) is 3.70. The van der Waals surface area contributed by atoms with Gasteiger partial charge in [0.25, 0.3) is 5.67 Å². The first-order chi connectivity index (χ1) is 28.2. The molecular weight excluding hydrogens is 776 g/mol. The second-order valence-electron chi connectivity index (χ2n) is 17.7. The number of unbranched alkanes of at least 4 members (excludes halogenated alkanes) is 1. The number of aliphatic hydroxyl groups is 1. The van der Waals surface area contributed by atoms with Crippen molar-refractivity contribution in [3.05, 3.63) is 37.1 Å². The number of hydrogen-bond donors (Lipinski definition) is 1. The molecule has 1 unspecified atom stereocenters. The fraction of sp³-hybridized carbons (Fsp3) is 0.756. The molecule has 0 aromatic carbocycles. The minimum absolute atomic E-state index is 0.0419. The molecule has 0 spiro atoms. The number of aromatic nitrogens is 3. The number of alkyl halides is 1. The predicted octanol–water partition coefficient (Wildman–Crippen LogP) is 6.01. The summed E-state index contributed by atoms with van der Waals surface area (Å²) in [5, 5.41) is 11.4. The Morgan fingerprint density at radius 2 is 1.75 bits per heavy atom. The molecule has 2 fully saturated rings. The Bertz CT molecular complexity index is 1690. The predicted molar refractivity (Wildman–Crippen MR) is 224 cm³/mol. The highest BCUT2D eigenvalue weighted by molar-refractivity contribution is 6.07. The molecule has 1 N–H and O–H groups in total. The summed E-state index contributed by atoms with van der Waals surface area (Å²) < 4.78 is 56.9. The summed E-state index contributed by atoms with van der Waals surface area (Å²) >= 11 is 0. The van der Waals surface area contributed by atoms with Crippen molar-refractivity contribution in [3.63, 3.8) is 0 Å². The van der Waals surface area contributed by atoms with Gasteiger partial charge in [0.15, 0.2) is 12.1 Å². The zero-order valence-corrected chi connectivity index (χ0v) is 37.9. The Balaban J connectivity index is 1.69. The van der Waals surface area contributed by atoms with Gasteiger partial charge in [-0.15, -0.1) is 0 Å². The van der Waals surface area contributed by atoms with Crippen molar-refractivity contribution in [2.24, 2.45) is 17.8 Å². The van der Waals surface area contributed by atoms with Crippen LogP contribution in [0.1, 0.15) is 101 Å². The molecule has 4 heterocycles. The van der Waals surface area contributed by atoms with Gasteiger partial charge in [-0.3, -0.25) is 14.6 Å². The fourth-order valence-corrected chi connectivity index (χ4v) is 8.96. The van der Waals surface area contributed by atoms with Gasteiger partial charge in [0.05, 0.1) is 35.9 Å². The number of hydrogen-bond acceptors (Lipinski definition) is 13. The molecule has 338 valence electrons. The number of cyclic esters (lactones) is 1. The summed E-state index contributed by atoms with van der Waals surface area (Å²) in [6.45, 7) is 16.1. The fourth-order valence-electron chi connectivity index (χ4n) is 8.96. The van der Waals surface area contributed by atoms with Crippen LogP contribution in [0.25, 0.3) is 11.3 Å². The van der Waals surface area contributed by atoms with Crippen molar-refractivity contribution in [2.75, 3.05) is 34.4 Å². The molecule has 2 aromatic heterocycles. The minimum Gasteiger partial charge on any atom is -0.457 e. The van der Waals surface area contributed by atoms with E-state index < -0.39 is 77.1 Å². The molecule has 0 radical (unpaired) electrons. The van der Waals surface area contributed by atoms with Gasteiger partial charge in [0, 0.05) is 74.8 Å². The van der Waals surface area contributed by atoms with Crippen LogP contribution in [0.4, 0.5) is 4.39 Å². The smallest absolute Gasteiger partial charge is 0.351 e. The van der Waals surface area contributed by atoms with Crippen molar-refractivity contribution < 1.29 is 52.3 Å². The van der Waals surface area contributed by atoms with Gasteiger partial charge in [0.2, 0.25) is 0 Å². The molecule has 2 aliphatic heterocycles. The number of methoxy groups -OCH3 is 1. The summed E-state index contributed by atoms with van der Waals surface area (Å²) in [5.74, 6) is -5.47. The Morgan fingerprint density at radius 1 is 1.03 bits per heavy atom. The molecule has 2 aromatic rings. The molecule has 0 saturated carbocycles. The normalized spacial score (nSPS) is 36.3. The number of aliphatic hydroxyl groups excluding tert-OH is 1. The number of pyridine rings is 1. The third kappa shape index (κ3) is 11.2. The van der Waals surface area contributed by atoms with E-state index in [1.54, 1.807) is 53.3 Å². The Morgan fingerprint density at radius 3 is 2.37 bits per heavy atom. The summed E-state index contributed by atoms with van der Waals surface area (Å²) in [7, 11) is 5.11. The third-order valence-electron chi connectivity index (χ3n) is 12.6. The van der Waals surface area contributed by atoms with Gasteiger partial charge in [-0.25, -0.2) is 14.2 Å². The zero-order valence-electron chi connectivity index (χ0n) is 37.9. The number of aryl methyl sites for hydroxylation is 1. The Labute approximate surface area is 356 Å². The number of Topliss-reactive ketones (excluding diaryl/α,β-unsaturated/α-hetero) is 2. The number of halogens is 1. The largest absolute Gasteiger partial charge is 0.457 e. The first kappa shape index (κ1) is 49.5. The van der Waals surface area contributed by atoms with Crippen LogP contribution in [0.2, 0.25) is 0 Å². The highest BCUT2D eigenvalue weighted by Gasteiger charge is 2.57. The van der Waals surface area contributed by atoms with Gasteiger partial charge in [-0.05, 0) is 92.4 Å². The van der Waals surface area contributed by atoms with Crippen LogP contribution >= 0.6 is 0 Å². The first-order valence-electron chi connectivity index (χ1n) is 21.6. The van der Waals surface area contributed by atoms with Crippen LogP contribution < -0.4 is 0 Å². The van der Waals surface area contributed by atoms with E-state index in [9.17, 15) is 19.5 Å². The van der Waals surface area contributed by atoms with E-state index in [0.29, 0.717) is 25.8 Å². The molecule has 60 heavy (non-hydrogen) atoms. The lowest BCUT2D eigenvalue weighted by Gasteiger charge is -2.48. The quantitative estimate of drug-likeness (QED) is 0.126. The minimum atomic E-state index is -3.13. The maximum absolute atomic E-state index is 17.0. The topological polar surface area (TPSA) is 161 Å². The third-order valence-corrected chi connectivity index (χ3v) is 12.6. The maximum Gasteiger partial charge on any atom is 0.351 e. The van der Waals surface area contributed by atoms with Crippen LogP contribution in [0.3, 0.4) is 0 Å². The lowest BCUT2D eigenvalue weighted by Crippen LogP contribution is -2.62. The number of nitrogens with zero attached hydrogens (tertiary/aromatic N) is 4. The number of carbonyl (C=O) groups is 3. The number of likely N-dealkylation sites (N-methyl/N-ethyl adjacent to an activating group) is 1. The van der Waals surface area contributed by atoms with Gasteiger partial charge in [-0.1, -0.05) is 34.6 Å². The molecule has 0 amide bonds. The number of imidazole rings is 1. The molecule has 0 bridgehead atoms. The Hall–Kier alpha value is -3.18. The molecule has 0 aliphatic carbocycles. The number of carbonyl (C=O) groups excluding carboxylic acids is 3. The molecule has 13 atom stereocenters. The summed E-state index contributed by atoms with van der Waals surface area (Å²) in [6, 6.07) is 3.47. The second-order valence-corrected chi connectivity index (χ2v) is 17.7. The van der Waals surface area contributed by atoms with E-state index >= 15 is 4.39 Å². The maximum atomic E-state index is 17.0. The van der Waals surface area contributed by atoms with E-state index in [1.165, 1.54) is 14.0 Å². The highest BCUT2D eigenvalue weighted by atomic mass is 19.1. The van der Waals surface area contributed by atoms with E-state index in [1.807, 2.05) is 55.7 Å². The standard InChI is InChI=1S/C45H71FN4O10/c1-13-21-57-45(9)35(14-2)59-42(54)44(8,46)38(53)31(6)39(60-41-37(52)34(49(10)11)23-29(4)58-41)43(7,55-12)24-28(3)36(51)30(5)40(45)56-22-16-15-20-50-26-33(48-27-50)32-18-17-19-47-25-32/h17-19,25-31,34-35,37,39-41,52H,13-16,20-24H2,1-12H3/t28-,29-,30+,31+,34+,35-,37-,39-,40?,41+,43+,44+,45-/m1/s1. The summed E-state index contributed by atoms with van der Waals surface area (Å²) in [5.41, 5.74) is -4.22. The number of ketones is 2. The van der Waals surface area contributed by atoms with Crippen LogP contribution in [-0.4, -0.2) is 136 Å². The SMILES string of the molecule is CCCO[C@@]1(C)C(OCCCCn2cnc(-c3cccnc3)c2)[C@@H](C)C(=O)[C@H](C)C[C@](C)(OC)[C@H](O[C@@H]2O[C@H](C)C[C@H](N(C)C)[C@H]2O)[C@@H](C)C(=O)[C@](C)(F)C(=O)O[C@@H]1CC.